The number of Topliss-reactive ketones (excluding diaryl/α,β-unsaturated/α-hetero) is 3. The normalized spacial score (nSPS) is 18.2. The summed E-state index contributed by atoms with van der Waals surface area (Å²) in [4.78, 5) is 36.9. The molecule has 1 aromatic rings. The van der Waals surface area contributed by atoms with Gasteiger partial charge in [0.1, 0.15) is 11.6 Å². The topological polar surface area (TPSA) is 51.2 Å². The lowest BCUT2D eigenvalue weighted by molar-refractivity contribution is -0.129. The molecule has 34 heavy (non-hydrogen) atoms. The van der Waals surface area contributed by atoms with Crippen LogP contribution in [0.15, 0.2) is 12.1 Å². The summed E-state index contributed by atoms with van der Waals surface area (Å²) in [5.74, 6) is 0.766. The molecule has 0 saturated heterocycles. The van der Waals surface area contributed by atoms with E-state index >= 15 is 0 Å². The molecule has 0 radical (unpaired) electrons. The molecular weight excluding hydrogens is 420 g/mol. The fourth-order valence-electron chi connectivity index (χ4n) is 5.14. The second kappa shape index (κ2) is 16.0. The number of benzene rings is 1. The van der Waals surface area contributed by atoms with Crippen LogP contribution in [0.25, 0.3) is 0 Å². The summed E-state index contributed by atoms with van der Waals surface area (Å²) in [5.41, 5.74) is 4.40. The van der Waals surface area contributed by atoms with Crippen molar-refractivity contribution in [1.82, 2.24) is 0 Å². The van der Waals surface area contributed by atoms with Crippen LogP contribution in [0.4, 0.5) is 0 Å². The van der Waals surface area contributed by atoms with E-state index in [1.54, 1.807) is 0 Å². The predicted octanol–water partition coefficient (Wildman–Crippen LogP) is 8.41. The smallest absolute Gasteiger partial charge is 0.163 e. The van der Waals surface area contributed by atoms with Crippen molar-refractivity contribution < 1.29 is 14.4 Å². The molecule has 3 nitrogen and oxygen atoms in total. The zero-order valence-electron chi connectivity index (χ0n) is 23.1. The Morgan fingerprint density at radius 2 is 1.50 bits per heavy atom. The first kappa shape index (κ1) is 30.3. The molecule has 0 amide bonds. The van der Waals surface area contributed by atoms with Crippen LogP contribution >= 0.6 is 0 Å². The summed E-state index contributed by atoms with van der Waals surface area (Å²) < 4.78 is 0. The van der Waals surface area contributed by atoms with Crippen molar-refractivity contribution in [3.8, 4) is 0 Å². The number of hydrogen-bond acceptors (Lipinski definition) is 3. The van der Waals surface area contributed by atoms with Gasteiger partial charge in [-0.15, -0.1) is 0 Å². The van der Waals surface area contributed by atoms with E-state index in [9.17, 15) is 14.4 Å². The van der Waals surface area contributed by atoms with E-state index in [0.29, 0.717) is 12.3 Å². The molecule has 3 heteroatoms. The molecule has 192 valence electrons. The summed E-state index contributed by atoms with van der Waals surface area (Å²) in [6.07, 6.45) is 12.5. The van der Waals surface area contributed by atoms with E-state index in [-0.39, 0.29) is 35.6 Å². The maximum Gasteiger partial charge on any atom is 0.163 e. The first-order valence-electron chi connectivity index (χ1n) is 13.8. The van der Waals surface area contributed by atoms with Crippen LogP contribution in [0.1, 0.15) is 132 Å². The fraction of sp³-hybridized carbons (Fsp3) is 0.710. The molecule has 0 aromatic heterocycles. The van der Waals surface area contributed by atoms with E-state index in [0.717, 1.165) is 43.2 Å². The molecule has 1 fully saturated rings. The summed E-state index contributed by atoms with van der Waals surface area (Å²) in [7, 11) is 0. The average Bonchev–Trinajstić information content (AvgIpc) is 2.70. The number of ketones is 3. The molecule has 0 N–H and O–H groups in total. The Labute approximate surface area is 209 Å². The quantitative estimate of drug-likeness (QED) is 0.340. The van der Waals surface area contributed by atoms with Crippen molar-refractivity contribution in [1.29, 1.82) is 0 Å². The SMILES string of the molecule is C1CCC1.CCC.CCCC(CC1CC(=O)c2c(C)ccc(C)c2C1)C(CC)C(=O)CC(C)=O. The van der Waals surface area contributed by atoms with Crippen molar-refractivity contribution in [2.45, 2.75) is 126 Å². The van der Waals surface area contributed by atoms with Crippen LogP contribution < -0.4 is 0 Å². The summed E-state index contributed by atoms with van der Waals surface area (Å²) in [6, 6.07) is 4.15. The average molecular weight is 471 g/mol. The second-order valence-corrected chi connectivity index (χ2v) is 10.5. The first-order valence-corrected chi connectivity index (χ1v) is 13.8. The Morgan fingerprint density at radius 3 is 1.97 bits per heavy atom. The van der Waals surface area contributed by atoms with Crippen molar-refractivity contribution in [2.24, 2.45) is 17.8 Å². The van der Waals surface area contributed by atoms with Crippen LogP contribution in [-0.2, 0) is 16.0 Å². The molecular formula is C31H50O3. The molecule has 2 aliphatic carbocycles. The van der Waals surface area contributed by atoms with Crippen LogP contribution in [0.5, 0.6) is 0 Å². The second-order valence-electron chi connectivity index (χ2n) is 10.5. The van der Waals surface area contributed by atoms with E-state index in [1.807, 2.05) is 19.9 Å². The van der Waals surface area contributed by atoms with Gasteiger partial charge >= 0.3 is 0 Å². The fourth-order valence-corrected chi connectivity index (χ4v) is 5.14. The van der Waals surface area contributed by atoms with Gasteiger partial charge in [-0.05, 0) is 68.6 Å². The van der Waals surface area contributed by atoms with Crippen LogP contribution in [-0.4, -0.2) is 17.3 Å². The number of carbonyl (C=O) groups excluding carboxylic acids is 3. The molecule has 3 unspecified atom stereocenters. The molecule has 1 aromatic carbocycles. The highest BCUT2D eigenvalue weighted by atomic mass is 16.1. The van der Waals surface area contributed by atoms with Crippen molar-refractivity contribution in [3.05, 3.63) is 34.4 Å². The van der Waals surface area contributed by atoms with Gasteiger partial charge in [0.25, 0.3) is 0 Å². The minimum Gasteiger partial charge on any atom is -0.300 e. The zero-order valence-corrected chi connectivity index (χ0v) is 23.1. The minimum atomic E-state index is -0.0658. The molecule has 0 bridgehead atoms. The van der Waals surface area contributed by atoms with Gasteiger partial charge in [-0.2, -0.15) is 0 Å². The summed E-state index contributed by atoms with van der Waals surface area (Å²) in [5, 5.41) is 0. The predicted molar refractivity (Wildman–Crippen MR) is 144 cm³/mol. The highest BCUT2D eigenvalue weighted by molar-refractivity contribution is 6.00. The standard InChI is InChI=1S/C24H34O3.C4H8.C3H8/c1-6-8-19(20(7-2)22(26)11-17(5)25)12-18-13-21-15(3)9-10-16(4)24(21)23(27)14-18;1-2-4-3-1;1-3-2/h9-10,18-20H,6-8,11-14H2,1-5H3;1-4H2;3H2,1-2H3. The Hall–Kier alpha value is -1.77. The third-order valence-electron chi connectivity index (χ3n) is 7.14. The highest BCUT2D eigenvalue weighted by Gasteiger charge is 2.33. The number of carbonyl (C=O) groups is 3. The Morgan fingerprint density at radius 1 is 0.941 bits per heavy atom. The molecule has 3 rings (SSSR count). The minimum absolute atomic E-state index is 0.0451. The van der Waals surface area contributed by atoms with E-state index in [4.69, 9.17) is 0 Å². The monoisotopic (exact) mass is 470 g/mol. The Kier molecular flexibility index (Phi) is 14.2. The van der Waals surface area contributed by atoms with E-state index in [2.05, 4.69) is 33.8 Å². The third kappa shape index (κ3) is 9.47. The van der Waals surface area contributed by atoms with Crippen molar-refractivity contribution in [2.75, 3.05) is 0 Å². The molecule has 0 heterocycles. The molecule has 0 aliphatic heterocycles. The molecule has 0 spiro atoms. The number of hydrogen-bond donors (Lipinski definition) is 0. The highest BCUT2D eigenvalue weighted by Crippen LogP contribution is 2.37. The number of aryl methyl sites for hydroxylation is 2. The van der Waals surface area contributed by atoms with Gasteiger partial charge in [0, 0.05) is 17.9 Å². The summed E-state index contributed by atoms with van der Waals surface area (Å²) in [6.45, 7) is 14.0. The molecule has 3 atom stereocenters. The van der Waals surface area contributed by atoms with Gasteiger partial charge in [-0.25, -0.2) is 0 Å². The lowest BCUT2D eigenvalue weighted by atomic mass is 9.71. The Balaban J connectivity index is 0.000000714. The number of fused-ring (bicyclic) bond motifs is 1. The van der Waals surface area contributed by atoms with Gasteiger partial charge < -0.3 is 0 Å². The van der Waals surface area contributed by atoms with E-state index in [1.165, 1.54) is 50.2 Å². The third-order valence-corrected chi connectivity index (χ3v) is 7.14. The van der Waals surface area contributed by atoms with Crippen molar-refractivity contribution in [3.63, 3.8) is 0 Å². The van der Waals surface area contributed by atoms with Crippen LogP contribution in [0, 0.1) is 31.6 Å². The lowest BCUT2D eigenvalue weighted by Crippen LogP contribution is -2.30. The largest absolute Gasteiger partial charge is 0.300 e. The zero-order chi connectivity index (χ0) is 25.7. The maximum atomic E-state index is 12.8. The van der Waals surface area contributed by atoms with Gasteiger partial charge in [0.05, 0.1) is 6.42 Å². The number of rotatable bonds is 9. The van der Waals surface area contributed by atoms with E-state index < -0.39 is 0 Å². The van der Waals surface area contributed by atoms with Gasteiger partial charge in [-0.1, -0.05) is 84.8 Å². The summed E-state index contributed by atoms with van der Waals surface area (Å²) >= 11 is 0. The Bertz CT molecular complexity index is 784. The lowest BCUT2D eigenvalue weighted by Gasteiger charge is -2.32. The van der Waals surface area contributed by atoms with Gasteiger partial charge in [0.2, 0.25) is 0 Å². The van der Waals surface area contributed by atoms with Gasteiger partial charge in [0.15, 0.2) is 5.78 Å². The van der Waals surface area contributed by atoms with Gasteiger partial charge in [-0.3, -0.25) is 14.4 Å². The maximum absolute atomic E-state index is 12.8. The molecule has 2 aliphatic rings. The molecule has 1 saturated carbocycles. The van der Waals surface area contributed by atoms with Crippen LogP contribution in [0.3, 0.4) is 0 Å². The van der Waals surface area contributed by atoms with Crippen molar-refractivity contribution >= 4 is 17.3 Å². The first-order chi connectivity index (χ1) is 16.2. The van der Waals surface area contributed by atoms with Crippen LogP contribution in [0.2, 0.25) is 0 Å².